The van der Waals surface area contributed by atoms with Crippen LogP contribution in [0.4, 0.5) is 0 Å². The molecule has 56 heavy (non-hydrogen) atoms. The Kier molecular flexibility index (Phi) is 6.56. The van der Waals surface area contributed by atoms with Crippen LogP contribution >= 0.6 is 0 Å². The third-order valence-electron chi connectivity index (χ3n) is 11.2. The molecule has 3 aromatic heterocycles. The van der Waals surface area contributed by atoms with Gasteiger partial charge >= 0.3 is 0 Å². The molecular weight excluding hydrogens is 685 g/mol. The van der Waals surface area contributed by atoms with Crippen molar-refractivity contribution in [1.29, 1.82) is 0 Å². The van der Waals surface area contributed by atoms with Gasteiger partial charge in [-0.3, -0.25) is 4.57 Å². The van der Waals surface area contributed by atoms with Crippen LogP contribution in [-0.4, -0.2) is 19.5 Å². The highest BCUT2D eigenvalue weighted by Gasteiger charge is 2.22. The van der Waals surface area contributed by atoms with E-state index in [9.17, 15) is 0 Å². The summed E-state index contributed by atoms with van der Waals surface area (Å²) in [5.41, 5.74) is 7.86. The van der Waals surface area contributed by atoms with Crippen LogP contribution in [0.2, 0.25) is 0 Å². The lowest BCUT2D eigenvalue weighted by molar-refractivity contribution is 0.669. The SMILES string of the molecule is c1ccc(-c2ccc(-c3nc(-c4cccc5oc6cc7ccccc7cc6c45)nc(-n4c5ccccc5c5ccc6ccccc6c54)n3)c3ccccc23)cc1. The van der Waals surface area contributed by atoms with E-state index in [1.165, 1.54) is 0 Å². The molecule has 12 rings (SSSR count). The highest BCUT2D eigenvalue weighted by molar-refractivity contribution is 6.19. The van der Waals surface area contributed by atoms with Gasteiger partial charge in [0, 0.05) is 38.1 Å². The number of aromatic nitrogens is 4. The standard InChI is InChI=1S/C51H30N4O/c1-2-13-31(14-3-1)35-27-28-41(38-20-9-8-19-37(35)38)49-52-50(42-22-12-24-45-47(42)43-29-33-16-4-5-17-34(33)30-46(43)56-45)54-51(53-49)55-44-23-11-10-21-39(44)40-26-25-32-15-6-7-18-36(32)48(40)55/h1-30H. The minimum atomic E-state index is 0.555. The van der Waals surface area contributed by atoms with Gasteiger partial charge in [0.25, 0.3) is 0 Å². The number of para-hydroxylation sites is 1. The van der Waals surface area contributed by atoms with Crippen LogP contribution in [0.15, 0.2) is 186 Å². The average Bonchev–Trinajstić information content (AvgIpc) is 3.81. The summed E-state index contributed by atoms with van der Waals surface area (Å²) in [6.07, 6.45) is 0. The van der Waals surface area contributed by atoms with E-state index in [1.807, 2.05) is 12.1 Å². The van der Waals surface area contributed by atoms with Crippen LogP contribution < -0.4 is 0 Å². The first-order chi connectivity index (χ1) is 27.8. The molecule has 0 unspecified atom stereocenters. The van der Waals surface area contributed by atoms with E-state index in [1.54, 1.807) is 0 Å². The normalized spacial score (nSPS) is 11.9. The van der Waals surface area contributed by atoms with Gasteiger partial charge in [-0.2, -0.15) is 9.97 Å². The number of hydrogen-bond acceptors (Lipinski definition) is 4. The van der Waals surface area contributed by atoms with E-state index >= 15 is 0 Å². The fourth-order valence-electron chi connectivity index (χ4n) is 8.71. The van der Waals surface area contributed by atoms with Gasteiger partial charge in [0.05, 0.1) is 11.0 Å². The highest BCUT2D eigenvalue weighted by Crippen LogP contribution is 2.41. The van der Waals surface area contributed by atoms with Crippen molar-refractivity contribution in [2.45, 2.75) is 0 Å². The van der Waals surface area contributed by atoms with Gasteiger partial charge in [0.2, 0.25) is 5.95 Å². The summed E-state index contributed by atoms with van der Waals surface area (Å²) >= 11 is 0. The molecule has 0 fully saturated rings. The number of furan rings is 1. The van der Waals surface area contributed by atoms with E-state index in [0.29, 0.717) is 17.6 Å². The molecule has 5 nitrogen and oxygen atoms in total. The van der Waals surface area contributed by atoms with Crippen molar-refractivity contribution in [2.75, 3.05) is 0 Å². The fourth-order valence-corrected chi connectivity index (χ4v) is 8.71. The minimum absolute atomic E-state index is 0.555. The zero-order valence-corrected chi connectivity index (χ0v) is 30.0. The molecule has 0 N–H and O–H groups in total. The summed E-state index contributed by atoms with van der Waals surface area (Å²) in [4.78, 5) is 16.2. The van der Waals surface area contributed by atoms with Crippen LogP contribution in [0.3, 0.4) is 0 Å². The Labute approximate surface area is 320 Å². The molecule has 260 valence electrons. The van der Waals surface area contributed by atoms with Crippen LogP contribution in [0.1, 0.15) is 0 Å². The van der Waals surface area contributed by atoms with Crippen LogP contribution in [0.25, 0.3) is 116 Å². The zero-order valence-electron chi connectivity index (χ0n) is 30.0. The lowest BCUT2D eigenvalue weighted by atomic mass is 9.95. The Hall–Kier alpha value is -7.63. The van der Waals surface area contributed by atoms with Crippen molar-refractivity contribution < 1.29 is 4.42 Å². The smallest absolute Gasteiger partial charge is 0.238 e. The molecule has 0 aliphatic carbocycles. The summed E-state index contributed by atoms with van der Waals surface area (Å²) in [6, 6.07) is 63.8. The molecule has 0 atom stereocenters. The van der Waals surface area contributed by atoms with Crippen molar-refractivity contribution in [2.24, 2.45) is 0 Å². The first-order valence-corrected chi connectivity index (χ1v) is 18.9. The maximum atomic E-state index is 6.54. The van der Waals surface area contributed by atoms with E-state index in [2.05, 4.69) is 174 Å². The van der Waals surface area contributed by atoms with Gasteiger partial charge in [-0.05, 0) is 68.4 Å². The summed E-state index contributed by atoms with van der Waals surface area (Å²) in [5.74, 6) is 1.73. The van der Waals surface area contributed by atoms with E-state index < -0.39 is 0 Å². The van der Waals surface area contributed by atoms with Gasteiger partial charge in [0.15, 0.2) is 11.6 Å². The van der Waals surface area contributed by atoms with Crippen LogP contribution in [0, 0.1) is 0 Å². The first-order valence-electron chi connectivity index (χ1n) is 18.9. The number of nitrogens with zero attached hydrogens (tertiary/aromatic N) is 4. The van der Waals surface area contributed by atoms with Crippen molar-refractivity contribution >= 4 is 76.1 Å². The summed E-state index contributed by atoms with van der Waals surface area (Å²) in [5, 5.41) is 11.1. The molecule has 3 heterocycles. The molecule has 0 radical (unpaired) electrons. The highest BCUT2D eigenvalue weighted by atomic mass is 16.3. The van der Waals surface area contributed by atoms with Gasteiger partial charge in [-0.1, -0.05) is 152 Å². The monoisotopic (exact) mass is 714 g/mol. The van der Waals surface area contributed by atoms with E-state index in [4.69, 9.17) is 19.4 Å². The Morgan fingerprint density at radius 1 is 0.375 bits per heavy atom. The molecule has 0 aliphatic rings. The topological polar surface area (TPSA) is 56.7 Å². The van der Waals surface area contributed by atoms with Gasteiger partial charge < -0.3 is 4.42 Å². The predicted molar refractivity (Wildman–Crippen MR) is 230 cm³/mol. The Morgan fingerprint density at radius 3 is 1.84 bits per heavy atom. The third kappa shape index (κ3) is 4.58. The zero-order chi connectivity index (χ0) is 36.7. The van der Waals surface area contributed by atoms with Gasteiger partial charge in [-0.25, -0.2) is 4.98 Å². The molecular formula is C51H30N4O. The largest absolute Gasteiger partial charge is 0.456 e. The summed E-state index contributed by atoms with van der Waals surface area (Å²) < 4.78 is 8.77. The van der Waals surface area contributed by atoms with Crippen molar-refractivity contribution in [3.63, 3.8) is 0 Å². The lowest BCUT2D eigenvalue weighted by Gasteiger charge is -2.14. The molecule has 0 spiro atoms. The second-order valence-electron chi connectivity index (χ2n) is 14.4. The second-order valence-corrected chi connectivity index (χ2v) is 14.4. The maximum absolute atomic E-state index is 6.54. The molecule has 9 aromatic carbocycles. The lowest BCUT2D eigenvalue weighted by Crippen LogP contribution is -2.07. The van der Waals surface area contributed by atoms with E-state index in [0.717, 1.165) is 98.3 Å². The van der Waals surface area contributed by atoms with Crippen LogP contribution in [-0.2, 0) is 0 Å². The average molecular weight is 715 g/mol. The summed E-state index contributed by atoms with van der Waals surface area (Å²) in [6.45, 7) is 0. The molecule has 0 aliphatic heterocycles. The van der Waals surface area contributed by atoms with Gasteiger partial charge in [-0.15, -0.1) is 0 Å². The molecule has 12 aromatic rings. The maximum Gasteiger partial charge on any atom is 0.238 e. The number of rotatable bonds is 4. The van der Waals surface area contributed by atoms with Crippen molar-refractivity contribution in [3.8, 4) is 39.9 Å². The predicted octanol–water partition coefficient (Wildman–Crippen LogP) is 13.3. The summed E-state index contributed by atoms with van der Waals surface area (Å²) in [7, 11) is 0. The van der Waals surface area contributed by atoms with Crippen molar-refractivity contribution in [1.82, 2.24) is 19.5 Å². The Bertz CT molecular complexity index is 3540. The minimum Gasteiger partial charge on any atom is -0.456 e. The second kappa shape index (κ2) is 11.9. The van der Waals surface area contributed by atoms with Crippen LogP contribution in [0.5, 0.6) is 0 Å². The number of benzene rings is 9. The quantitative estimate of drug-likeness (QED) is 0.182. The molecule has 0 bridgehead atoms. The molecule has 0 saturated carbocycles. The Morgan fingerprint density at radius 2 is 1.02 bits per heavy atom. The molecule has 0 amide bonds. The third-order valence-corrected chi connectivity index (χ3v) is 11.2. The molecule has 0 saturated heterocycles. The number of hydrogen-bond donors (Lipinski definition) is 0. The molecule has 5 heteroatoms. The van der Waals surface area contributed by atoms with E-state index in [-0.39, 0.29) is 0 Å². The fraction of sp³-hybridized carbons (Fsp3) is 0. The number of fused-ring (bicyclic) bond motifs is 10. The first kappa shape index (κ1) is 30.8. The van der Waals surface area contributed by atoms with Gasteiger partial charge in [0.1, 0.15) is 11.2 Å². The van der Waals surface area contributed by atoms with Crippen molar-refractivity contribution in [3.05, 3.63) is 182 Å². The Balaban J connectivity index is 1.20.